The van der Waals surface area contributed by atoms with Crippen molar-refractivity contribution in [1.29, 1.82) is 0 Å². The van der Waals surface area contributed by atoms with Crippen LogP contribution in [0.2, 0.25) is 0 Å². The van der Waals surface area contributed by atoms with E-state index in [0.29, 0.717) is 27.9 Å². The summed E-state index contributed by atoms with van der Waals surface area (Å²) in [6.45, 7) is 8.25. The molecule has 1 fully saturated rings. The Hall–Kier alpha value is -14.4. The van der Waals surface area contributed by atoms with Crippen LogP contribution in [0, 0.1) is 0 Å². The quantitative estimate of drug-likeness (QED) is 0.0443. The first-order chi connectivity index (χ1) is 68.2. The van der Waals surface area contributed by atoms with Gasteiger partial charge in [-0.2, -0.15) is 21.6 Å². The summed E-state index contributed by atoms with van der Waals surface area (Å²) in [7, 11) is -6.45. The minimum atomic E-state index is -5.95. The van der Waals surface area contributed by atoms with Gasteiger partial charge in [0, 0.05) is 27.3 Å². The number of hydrogen-bond acceptors (Lipinski definition) is 7. The van der Waals surface area contributed by atoms with Crippen molar-refractivity contribution < 1.29 is 71.3 Å². The molecule has 0 radical (unpaired) electrons. The summed E-state index contributed by atoms with van der Waals surface area (Å²) >= 11 is 0. The van der Waals surface area contributed by atoms with Crippen LogP contribution in [0.5, 0.6) is 5.75 Å². The highest BCUT2D eigenvalue weighted by molar-refractivity contribution is 7.88. The lowest BCUT2D eigenvalue weighted by molar-refractivity contribution is -0.0499. The Morgan fingerprint density at radius 1 is 0.309 bits per heavy atom. The Labute approximate surface area is 736 Å². The summed E-state index contributed by atoms with van der Waals surface area (Å²) < 4.78 is 259. The molecular weight excluding hydrogens is 1550 g/mol. The number of furan rings is 2. The van der Waals surface area contributed by atoms with Gasteiger partial charge in [0.05, 0.1) is 44.0 Å². The second-order valence-electron chi connectivity index (χ2n) is 31.0. The molecule has 1 saturated heterocycles. The summed E-state index contributed by atoms with van der Waals surface area (Å²) in [5.74, 6) is -0.628. The lowest BCUT2D eigenvalue weighted by atomic mass is 9.77. The molecule has 22 aromatic rings. The molecule has 7 nitrogen and oxygen atoms in total. The fourth-order valence-electron chi connectivity index (χ4n) is 17.4. The van der Waals surface area contributed by atoms with Gasteiger partial charge in [-0.05, 0) is 222 Å². The fourth-order valence-corrected chi connectivity index (χ4v) is 17.8. The summed E-state index contributed by atoms with van der Waals surface area (Å²) in [5.41, 5.74) is 3.21. The van der Waals surface area contributed by atoms with Gasteiger partial charge < -0.3 is 22.3 Å². The Morgan fingerprint density at radius 3 is 1.10 bits per heavy atom. The van der Waals surface area contributed by atoms with E-state index in [1.807, 2.05) is 133 Å². The van der Waals surface area contributed by atoms with Gasteiger partial charge in [0.2, 0.25) is 0 Å². The van der Waals surface area contributed by atoms with Gasteiger partial charge >= 0.3 is 22.7 Å². The molecule has 1 aliphatic heterocycles. The average Bonchev–Trinajstić information content (AvgIpc) is 1.71. The van der Waals surface area contributed by atoms with E-state index in [4.69, 9.17) is 45.6 Å². The molecule has 0 unspecified atom stereocenters. The van der Waals surface area contributed by atoms with Crippen LogP contribution in [0.4, 0.5) is 13.2 Å². The predicted octanol–water partition coefficient (Wildman–Crippen LogP) is 30.3. The summed E-state index contributed by atoms with van der Waals surface area (Å²) in [6.07, 6.45) is 0. The Morgan fingerprint density at radius 2 is 0.659 bits per heavy atom. The summed E-state index contributed by atoms with van der Waals surface area (Å²) in [6, 6.07) is 77.1. The van der Waals surface area contributed by atoms with Crippen molar-refractivity contribution in [3.05, 3.63) is 388 Å². The van der Waals surface area contributed by atoms with Crippen LogP contribution >= 0.6 is 0 Å². The molecule has 20 aromatic carbocycles. The molecule has 0 amide bonds. The van der Waals surface area contributed by atoms with Gasteiger partial charge in [0.1, 0.15) is 22.3 Å². The number of benzene rings is 20. The fraction of sp³-hybridized carbons (Fsp3) is 0.0631. The maximum absolute atomic E-state index is 12.8. The van der Waals surface area contributed by atoms with Crippen molar-refractivity contribution in [2.24, 2.45) is 0 Å². The first-order valence-electron chi connectivity index (χ1n) is 49.5. The third kappa shape index (κ3) is 13.1. The van der Waals surface area contributed by atoms with Crippen molar-refractivity contribution in [2.75, 3.05) is 0 Å². The SMILES string of the molecule is [2H]c1c([2H])c([2H])c(-c2c3ccccc3c(-c3cc4ccccc4c4cc(-c5cccc6oc7c(-c8c([2H])c([2H])c([2H])c([2H])c8[2H])cccc7c56)ccc34)c3ccccc23)c([2H])c1[2H].[2H]c1c([2H])c([2H])c(-c2c3ccccc3c(-c3cc4ccccc4c4cc(B5OC(C)(C)C(C)(C)O5)ccc34)c3ccccc23)c([2H])c1[2H].[2H]c1c([2H])c([2H])c(-c2cccc3c2oc2cccc(OS(=O)(=O)C(F)(F)F)c23)c([2H])c1[2H]. The Bertz CT molecular complexity index is 9220. The monoisotopic (exact) mass is 1640 g/mol. The van der Waals surface area contributed by atoms with Gasteiger partial charge in [-0.1, -0.05) is 351 Å². The van der Waals surface area contributed by atoms with E-state index in [1.54, 1.807) is 6.07 Å². The number of rotatable bonds is 10. The maximum Gasteiger partial charge on any atom is 0.534 e. The number of hydrogen-bond donors (Lipinski definition) is 0. The van der Waals surface area contributed by atoms with Crippen LogP contribution in [0.15, 0.2) is 397 Å². The van der Waals surface area contributed by atoms with Crippen LogP contribution in [0.1, 0.15) is 55.1 Å². The molecule has 0 aliphatic carbocycles. The topological polar surface area (TPSA) is 88.1 Å². The van der Waals surface area contributed by atoms with E-state index in [9.17, 15) is 21.6 Å². The average molecular weight is 1640 g/mol. The largest absolute Gasteiger partial charge is 0.534 e. The lowest BCUT2D eigenvalue weighted by Gasteiger charge is -2.32. The van der Waals surface area contributed by atoms with Crippen LogP contribution in [0.25, 0.3) is 208 Å². The highest BCUT2D eigenvalue weighted by atomic mass is 32.2. The molecule has 2 aromatic heterocycles. The lowest BCUT2D eigenvalue weighted by Crippen LogP contribution is -2.41. The molecule has 12 heteroatoms. The van der Waals surface area contributed by atoms with E-state index in [-0.39, 0.29) is 110 Å². The molecule has 1 aliphatic rings. The number of para-hydroxylation sites is 2. The van der Waals surface area contributed by atoms with Crippen molar-refractivity contribution >= 4 is 153 Å². The van der Waals surface area contributed by atoms with Gasteiger partial charge in [0.15, 0.2) is 5.75 Å². The smallest absolute Gasteiger partial charge is 0.455 e. The molecule has 23 rings (SSSR count). The number of fused-ring (bicyclic) bond motifs is 16. The first kappa shape index (κ1) is 56.9. The van der Waals surface area contributed by atoms with Gasteiger partial charge in [-0.25, -0.2) is 0 Å². The zero-order valence-electron chi connectivity index (χ0n) is 85.9. The van der Waals surface area contributed by atoms with Gasteiger partial charge in [-0.15, -0.1) is 0 Å². The Balaban J connectivity index is 0.000000134. The van der Waals surface area contributed by atoms with Crippen molar-refractivity contribution in [3.63, 3.8) is 0 Å². The van der Waals surface area contributed by atoms with E-state index in [1.165, 1.54) is 30.3 Å². The van der Waals surface area contributed by atoms with E-state index >= 15 is 0 Å². The first-order valence-corrected chi connectivity index (χ1v) is 40.9. The van der Waals surface area contributed by atoms with E-state index < -0.39 is 100 Å². The zero-order valence-corrected chi connectivity index (χ0v) is 66.7. The van der Waals surface area contributed by atoms with Gasteiger partial charge in [0.25, 0.3) is 0 Å². The van der Waals surface area contributed by atoms with Crippen LogP contribution < -0.4 is 9.65 Å². The second-order valence-corrected chi connectivity index (χ2v) is 32.5. The molecular formula is C111H76BF3O7S. The van der Waals surface area contributed by atoms with E-state index in [2.05, 4.69) is 123 Å². The predicted molar refractivity (Wildman–Crippen MR) is 503 cm³/mol. The molecule has 0 atom stereocenters. The summed E-state index contributed by atoms with van der Waals surface area (Å²) in [5, 5.41) is 16.9. The van der Waals surface area contributed by atoms with Crippen molar-refractivity contribution in [1.82, 2.24) is 0 Å². The minimum Gasteiger partial charge on any atom is -0.455 e. The summed E-state index contributed by atoms with van der Waals surface area (Å²) in [4.78, 5) is 0. The molecule has 592 valence electrons. The second kappa shape index (κ2) is 30.1. The Kier molecular flexibility index (Phi) is 13.9. The number of alkyl halides is 3. The third-order valence-corrected chi connectivity index (χ3v) is 24.5. The highest BCUT2D eigenvalue weighted by Crippen LogP contribution is 2.52. The normalized spacial score (nSPS) is 15.7. The zero-order chi connectivity index (χ0) is 101. The van der Waals surface area contributed by atoms with Gasteiger partial charge in [-0.3, -0.25) is 0 Å². The molecule has 0 bridgehead atoms. The molecule has 0 N–H and O–H groups in total. The maximum atomic E-state index is 12.8. The van der Waals surface area contributed by atoms with Crippen LogP contribution in [-0.2, 0) is 19.4 Å². The van der Waals surface area contributed by atoms with Crippen molar-refractivity contribution in [2.45, 2.75) is 44.4 Å². The minimum absolute atomic E-state index is 0.0125. The molecule has 0 saturated carbocycles. The molecule has 3 heterocycles. The third-order valence-electron chi connectivity index (χ3n) is 23.5. The molecule has 0 spiro atoms. The van der Waals surface area contributed by atoms with E-state index in [0.717, 1.165) is 142 Å². The van der Waals surface area contributed by atoms with Crippen LogP contribution in [-0.4, -0.2) is 32.2 Å². The standard InChI is InChI=1S/C52H32O.C40H33BO2.C19H11F3O4S/c1-3-15-33(16-4-1)39-26-13-27-45-51-38(25-14-28-48(51)53-52(39)45)36-29-30-40-46(31-36)37-20-8-7-19-35(37)32-47(40)50-43-23-11-9-21-41(43)49(34-17-5-2-6-18-34)42-22-10-12-24-44(42)50;1-39(2)40(3,4)43-41(42-39)28-22-23-30-35(25-28)29-17-9-8-16-27(29)24-36(30)38-33-20-12-10-18-31(33)37(26-14-6-5-7-15-26)32-19-11-13-21-34(32)38;20-19(21,22)27(23,24)26-16-11-5-10-15-17(16)14-9-4-8-13(18(14)25-15)12-6-2-1-3-7-12/h1-32H;5-25H,1-4H3;1-11H/i1D,2D,3D,4D,5D,6D,15D,16D,17D,18D;5D,6D,7D,14D,15D;1D,2D,3D,6D,7D. The highest BCUT2D eigenvalue weighted by Gasteiger charge is 2.52. The number of halogens is 3. The van der Waals surface area contributed by atoms with Crippen LogP contribution in [0.3, 0.4) is 0 Å². The molecule has 123 heavy (non-hydrogen) atoms. The van der Waals surface area contributed by atoms with Crippen molar-refractivity contribution in [3.8, 4) is 83.6 Å².